The lowest BCUT2D eigenvalue weighted by Crippen LogP contribution is -2.48. The molecular formula is C23H31FN4O. The minimum atomic E-state index is -0.382. The van der Waals surface area contributed by atoms with E-state index in [0.29, 0.717) is 18.2 Å². The fraction of sp³-hybridized carbons (Fsp3) is 0.435. The van der Waals surface area contributed by atoms with E-state index in [2.05, 4.69) is 50.9 Å². The molecule has 2 aromatic rings. The molecule has 0 aromatic heterocycles. The van der Waals surface area contributed by atoms with Gasteiger partial charge in [0.25, 0.3) is 0 Å². The predicted molar refractivity (Wildman–Crippen MR) is 115 cm³/mol. The summed E-state index contributed by atoms with van der Waals surface area (Å²) in [4.78, 5) is 7.14. The van der Waals surface area contributed by atoms with Gasteiger partial charge in [0.05, 0.1) is 13.2 Å². The van der Waals surface area contributed by atoms with Crippen LogP contribution >= 0.6 is 0 Å². The van der Waals surface area contributed by atoms with Crippen molar-refractivity contribution in [1.82, 2.24) is 15.5 Å². The summed E-state index contributed by atoms with van der Waals surface area (Å²) >= 11 is 0. The molecule has 0 atom stereocenters. The zero-order valence-electron chi connectivity index (χ0n) is 17.1. The third-order valence-electron chi connectivity index (χ3n) is 5.22. The second-order valence-electron chi connectivity index (χ2n) is 7.46. The van der Waals surface area contributed by atoms with Gasteiger partial charge in [0.1, 0.15) is 5.82 Å². The van der Waals surface area contributed by atoms with Crippen LogP contribution in [0.3, 0.4) is 0 Å². The number of nitrogens with one attached hydrogen (secondary N) is 2. The van der Waals surface area contributed by atoms with E-state index in [-0.39, 0.29) is 12.4 Å². The molecule has 1 aliphatic heterocycles. The van der Waals surface area contributed by atoms with E-state index in [1.807, 2.05) is 6.92 Å². The first-order chi connectivity index (χ1) is 14.2. The highest BCUT2D eigenvalue weighted by atomic mass is 19.1. The number of aliphatic imine (C=N–C) groups is 1. The molecule has 1 saturated heterocycles. The molecule has 0 unspecified atom stereocenters. The van der Waals surface area contributed by atoms with Gasteiger partial charge in [-0.25, -0.2) is 9.38 Å². The summed E-state index contributed by atoms with van der Waals surface area (Å²) in [7, 11) is 0. The molecule has 156 valence electrons. The molecule has 3 N–H and O–H groups in total. The van der Waals surface area contributed by atoms with Gasteiger partial charge in [-0.05, 0) is 43.0 Å². The molecule has 1 aliphatic rings. The van der Waals surface area contributed by atoms with Gasteiger partial charge in [0, 0.05) is 37.8 Å². The van der Waals surface area contributed by atoms with Crippen LogP contribution < -0.4 is 10.6 Å². The van der Waals surface area contributed by atoms with Gasteiger partial charge in [-0.1, -0.05) is 36.4 Å². The fourth-order valence-electron chi connectivity index (χ4n) is 3.61. The average molecular weight is 399 g/mol. The van der Waals surface area contributed by atoms with Crippen LogP contribution in [0.25, 0.3) is 0 Å². The van der Waals surface area contributed by atoms with E-state index >= 15 is 0 Å². The minimum absolute atomic E-state index is 0.302. The van der Waals surface area contributed by atoms with Gasteiger partial charge in [-0.3, -0.25) is 4.90 Å². The summed E-state index contributed by atoms with van der Waals surface area (Å²) in [5.74, 6) is 0.399. The van der Waals surface area contributed by atoms with Crippen molar-refractivity contribution in [2.75, 3.05) is 19.6 Å². The van der Waals surface area contributed by atoms with Crippen molar-refractivity contribution < 1.29 is 9.50 Å². The maximum absolute atomic E-state index is 13.5. The number of guanidine groups is 1. The Balaban J connectivity index is 1.52. The van der Waals surface area contributed by atoms with Crippen LogP contribution in [0.1, 0.15) is 36.5 Å². The maximum atomic E-state index is 13.5. The quantitative estimate of drug-likeness (QED) is 0.496. The average Bonchev–Trinajstić information content (AvgIpc) is 2.75. The van der Waals surface area contributed by atoms with Crippen LogP contribution in [0, 0.1) is 5.82 Å². The van der Waals surface area contributed by atoms with E-state index in [1.165, 1.54) is 11.6 Å². The standard InChI is InChI=1S/C23H31FN4O/c1-2-25-23(26-15-19-8-9-22(24)20(14-19)17-29)27-21-10-12-28(13-11-21)16-18-6-4-3-5-7-18/h3-9,14,21,29H,2,10-13,15-17H2,1H3,(H2,25,26,27). The lowest BCUT2D eigenvalue weighted by Gasteiger charge is -2.33. The summed E-state index contributed by atoms with van der Waals surface area (Å²) in [5.41, 5.74) is 2.54. The monoisotopic (exact) mass is 398 g/mol. The number of hydrogen-bond acceptors (Lipinski definition) is 3. The second-order valence-corrected chi connectivity index (χ2v) is 7.46. The van der Waals surface area contributed by atoms with Crippen molar-refractivity contribution in [3.8, 4) is 0 Å². The number of aliphatic hydroxyl groups is 1. The number of piperidine rings is 1. The normalized spacial score (nSPS) is 16.0. The SMILES string of the molecule is CCNC(=NCc1ccc(F)c(CO)c1)NC1CCN(Cc2ccccc2)CC1. The largest absolute Gasteiger partial charge is 0.392 e. The molecule has 1 fully saturated rings. The summed E-state index contributed by atoms with van der Waals surface area (Å²) in [6.07, 6.45) is 2.14. The van der Waals surface area contributed by atoms with Crippen molar-refractivity contribution in [1.29, 1.82) is 0 Å². The third kappa shape index (κ3) is 6.54. The first kappa shape index (κ1) is 21.3. The summed E-state index contributed by atoms with van der Waals surface area (Å²) in [6, 6.07) is 15.8. The number of rotatable bonds is 7. The summed E-state index contributed by atoms with van der Waals surface area (Å²) < 4.78 is 13.5. The molecule has 5 nitrogen and oxygen atoms in total. The topological polar surface area (TPSA) is 59.9 Å². The van der Waals surface area contributed by atoms with Crippen molar-refractivity contribution in [3.05, 3.63) is 71.0 Å². The van der Waals surface area contributed by atoms with E-state index in [1.54, 1.807) is 12.1 Å². The molecular weight excluding hydrogens is 367 g/mol. The number of aliphatic hydroxyl groups excluding tert-OH is 1. The Morgan fingerprint density at radius 2 is 1.90 bits per heavy atom. The molecule has 2 aromatic carbocycles. The molecule has 0 bridgehead atoms. The first-order valence-corrected chi connectivity index (χ1v) is 10.4. The van der Waals surface area contributed by atoms with E-state index < -0.39 is 0 Å². The first-order valence-electron chi connectivity index (χ1n) is 10.4. The molecule has 29 heavy (non-hydrogen) atoms. The molecule has 1 heterocycles. The Kier molecular flexibility index (Phi) is 8.02. The van der Waals surface area contributed by atoms with Crippen LogP contribution in [0.15, 0.2) is 53.5 Å². The van der Waals surface area contributed by atoms with E-state index in [4.69, 9.17) is 0 Å². The van der Waals surface area contributed by atoms with Crippen molar-refractivity contribution in [2.24, 2.45) is 4.99 Å². The zero-order chi connectivity index (χ0) is 20.5. The lowest BCUT2D eigenvalue weighted by molar-refractivity contribution is 0.198. The summed E-state index contributed by atoms with van der Waals surface area (Å²) in [6.45, 7) is 6.08. The Labute approximate surface area is 172 Å². The molecule has 0 spiro atoms. The van der Waals surface area contributed by atoms with E-state index in [0.717, 1.165) is 50.5 Å². The number of nitrogens with zero attached hydrogens (tertiary/aromatic N) is 2. The number of halogens is 1. The zero-order valence-corrected chi connectivity index (χ0v) is 17.1. The van der Waals surface area contributed by atoms with Crippen molar-refractivity contribution in [3.63, 3.8) is 0 Å². The number of hydrogen-bond donors (Lipinski definition) is 3. The van der Waals surface area contributed by atoms with Gasteiger partial charge in [0.15, 0.2) is 5.96 Å². The Bertz CT molecular complexity index is 789. The van der Waals surface area contributed by atoms with Gasteiger partial charge < -0.3 is 15.7 Å². The van der Waals surface area contributed by atoms with Gasteiger partial charge >= 0.3 is 0 Å². The Morgan fingerprint density at radius 1 is 1.14 bits per heavy atom. The third-order valence-corrected chi connectivity index (χ3v) is 5.22. The predicted octanol–water partition coefficient (Wildman–Crippen LogP) is 3.04. The highest BCUT2D eigenvalue weighted by Gasteiger charge is 2.20. The maximum Gasteiger partial charge on any atom is 0.191 e. The smallest absolute Gasteiger partial charge is 0.191 e. The molecule has 3 rings (SSSR count). The number of likely N-dealkylation sites (tertiary alicyclic amines) is 1. The Morgan fingerprint density at radius 3 is 2.59 bits per heavy atom. The number of benzene rings is 2. The molecule has 0 aliphatic carbocycles. The molecule has 6 heteroatoms. The molecule has 0 saturated carbocycles. The van der Waals surface area contributed by atoms with Crippen molar-refractivity contribution >= 4 is 5.96 Å². The molecule has 0 amide bonds. The van der Waals surface area contributed by atoms with Gasteiger partial charge in [-0.15, -0.1) is 0 Å². The van der Waals surface area contributed by atoms with Crippen LogP contribution in [0.2, 0.25) is 0 Å². The Hall–Kier alpha value is -2.44. The highest BCUT2D eigenvalue weighted by Crippen LogP contribution is 2.14. The fourth-order valence-corrected chi connectivity index (χ4v) is 3.61. The summed E-state index contributed by atoms with van der Waals surface area (Å²) in [5, 5.41) is 16.1. The second kappa shape index (κ2) is 10.9. The van der Waals surface area contributed by atoms with Crippen LogP contribution in [-0.4, -0.2) is 41.6 Å². The van der Waals surface area contributed by atoms with Crippen LogP contribution in [-0.2, 0) is 19.7 Å². The van der Waals surface area contributed by atoms with E-state index in [9.17, 15) is 9.50 Å². The van der Waals surface area contributed by atoms with Gasteiger partial charge in [-0.2, -0.15) is 0 Å². The van der Waals surface area contributed by atoms with Crippen LogP contribution in [0.4, 0.5) is 4.39 Å². The molecule has 0 radical (unpaired) electrons. The van der Waals surface area contributed by atoms with Crippen LogP contribution in [0.5, 0.6) is 0 Å². The minimum Gasteiger partial charge on any atom is -0.392 e. The van der Waals surface area contributed by atoms with Crippen molar-refractivity contribution in [2.45, 2.75) is 45.5 Å². The van der Waals surface area contributed by atoms with Gasteiger partial charge in [0.2, 0.25) is 0 Å². The highest BCUT2D eigenvalue weighted by molar-refractivity contribution is 5.80. The lowest BCUT2D eigenvalue weighted by atomic mass is 10.0.